The lowest BCUT2D eigenvalue weighted by molar-refractivity contribution is -0.161. The number of aromatic amines is 1. The predicted octanol–water partition coefficient (Wildman–Crippen LogP) is 5.31. The van der Waals surface area contributed by atoms with Crippen LogP contribution in [0.5, 0.6) is 0 Å². The van der Waals surface area contributed by atoms with Crippen LogP contribution in [0.15, 0.2) is 47.4 Å². The van der Waals surface area contributed by atoms with E-state index in [1.54, 1.807) is 24.3 Å². The average Bonchev–Trinajstić information content (AvgIpc) is 3.35. The molecule has 1 fully saturated rings. The van der Waals surface area contributed by atoms with Crippen LogP contribution in [0.2, 0.25) is 0 Å². The largest absolute Gasteiger partial charge is 0.419 e. The van der Waals surface area contributed by atoms with Crippen LogP contribution in [0, 0.1) is 0 Å². The first-order valence-electron chi connectivity index (χ1n) is 8.86. The molecule has 0 aliphatic carbocycles. The van der Waals surface area contributed by atoms with Crippen LogP contribution in [-0.2, 0) is 17.1 Å². The Hall–Kier alpha value is -3.26. The molecule has 1 amide bonds. The van der Waals surface area contributed by atoms with E-state index in [1.165, 1.54) is 6.08 Å². The number of hydrogen-bond donors (Lipinski definition) is 1. The number of nitrogens with one attached hydrogen (secondary N) is 1. The van der Waals surface area contributed by atoms with E-state index in [-0.39, 0.29) is 9.23 Å². The number of alkyl halides is 6. The van der Waals surface area contributed by atoms with Crippen molar-refractivity contribution in [3.63, 3.8) is 0 Å². The molecule has 0 spiro atoms. The van der Waals surface area contributed by atoms with Crippen LogP contribution in [0.4, 0.5) is 32.0 Å². The molecule has 1 saturated heterocycles. The van der Waals surface area contributed by atoms with Crippen LogP contribution < -0.4 is 4.90 Å². The summed E-state index contributed by atoms with van der Waals surface area (Å²) in [6.07, 6.45) is -9.28. The van der Waals surface area contributed by atoms with E-state index in [0.717, 1.165) is 12.1 Å². The molecule has 0 unspecified atom stereocenters. The number of amides is 1. The summed E-state index contributed by atoms with van der Waals surface area (Å²) in [5, 5.41) is 13.2. The van der Waals surface area contributed by atoms with Gasteiger partial charge in [-0.3, -0.25) is 9.69 Å². The van der Waals surface area contributed by atoms with Gasteiger partial charge in [0.2, 0.25) is 0 Å². The average molecular weight is 501 g/mol. The summed E-state index contributed by atoms with van der Waals surface area (Å²) in [5.41, 5.74) is -3.70. The van der Waals surface area contributed by atoms with Gasteiger partial charge in [-0.2, -0.15) is 26.3 Å². The minimum absolute atomic E-state index is 0.0420. The number of nitrogens with zero attached hydrogens (tertiary/aromatic N) is 4. The summed E-state index contributed by atoms with van der Waals surface area (Å²) in [6, 6.07) is 8.39. The van der Waals surface area contributed by atoms with Crippen molar-refractivity contribution in [3.8, 4) is 11.4 Å². The molecule has 170 valence electrons. The number of benzene rings is 2. The smallest absolute Gasteiger partial charge is 0.268 e. The second kappa shape index (κ2) is 8.26. The van der Waals surface area contributed by atoms with Gasteiger partial charge < -0.3 is 0 Å². The number of anilines is 1. The summed E-state index contributed by atoms with van der Waals surface area (Å²) >= 11 is 5.73. The Labute approximate surface area is 190 Å². The molecule has 4 rings (SSSR count). The van der Waals surface area contributed by atoms with E-state index < -0.39 is 35.1 Å². The summed E-state index contributed by atoms with van der Waals surface area (Å²) in [4.78, 5) is 13.3. The van der Waals surface area contributed by atoms with Gasteiger partial charge in [-0.25, -0.2) is 5.10 Å². The molecule has 0 atom stereocenters. The van der Waals surface area contributed by atoms with Crippen LogP contribution in [0.3, 0.4) is 0 Å². The minimum Gasteiger partial charge on any atom is -0.268 e. The van der Waals surface area contributed by atoms with E-state index in [0.29, 0.717) is 39.7 Å². The Balaban J connectivity index is 1.71. The van der Waals surface area contributed by atoms with E-state index in [1.807, 2.05) is 0 Å². The lowest BCUT2D eigenvalue weighted by Crippen LogP contribution is -2.31. The number of carbonyl (C=O) groups is 1. The molecule has 1 N–H and O–H groups in total. The third-order valence-corrected chi connectivity index (χ3v) is 5.80. The highest BCUT2D eigenvalue weighted by atomic mass is 32.2. The van der Waals surface area contributed by atoms with Crippen molar-refractivity contribution in [1.82, 2.24) is 20.6 Å². The molecule has 1 aliphatic heterocycles. The zero-order chi connectivity index (χ0) is 24.0. The van der Waals surface area contributed by atoms with E-state index >= 15 is 0 Å². The Morgan fingerprint density at radius 3 is 2.27 bits per heavy atom. The van der Waals surface area contributed by atoms with Gasteiger partial charge >= 0.3 is 12.4 Å². The molecule has 14 heteroatoms. The summed E-state index contributed by atoms with van der Waals surface area (Å²) in [6.45, 7) is 0. The van der Waals surface area contributed by atoms with Gasteiger partial charge in [0.1, 0.15) is 0 Å². The van der Waals surface area contributed by atoms with Crippen LogP contribution in [0.25, 0.3) is 17.5 Å². The minimum atomic E-state index is -5.38. The maximum atomic E-state index is 13.6. The third kappa shape index (κ3) is 4.48. The quantitative estimate of drug-likeness (QED) is 0.298. The van der Waals surface area contributed by atoms with Crippen LogP contribution in [-0.4, -0.2) is 30.9 Å². The number of hydrogen-bond acceptors (Lipinski definition) is 6. The second-order valence-corrected chi connectivity index (χ2v) is 8.26. The normalized spacial score (nSPS) is 16.2. The first-order valence-corrected chi connectivity index (χ1v) is 10.1. The zero-order valence-corrected chi connectivity index (χ0v) is 17.5. The van der Waals surface area contributed by atoms with Gasteiger partial charge in [-0.15, -0.1) is 5.10 Å². The summed E-state index contributed by atoms with van der Waals surface area (Å²) in [5.74, 6) is -0.560. The summed E-state index contributed by atoms with van der Waals surface area (Å²) in [7, 11) is 0. The number of thioether (sulfide) groups is 1. The highest BCUT2D eigenvalue weighted by Gasteiger charge is 2.47. The number of halogens is 6. The molecule has 2 heterocycles. The fourth-order valence-electron chi connectivity index (χ4n) is 3.11. The van der Waals surface area contributed by atoms with Gasteiger partial charge in [-0.05, 0) is 34.2 Å². The maximum absolute atomic E-state index is 13.6. The van der Waals surface area contributed by atoms with Crippen molar-refractivity contribution in [1.29, 1.82) is 0 Å². The SMILES string of the molecule is O=C1/C(=C/c2ccc(-c3nnn[nH]3)cc2)SC(=S)N1c1cccc(C(F)(F)F)c1C(F)(F)F. The molecule has 0 saturated carbocycles. The van der Waals surface area contributed by atoms with E-state index in [9.17, 15) is 31.1 Å². The van der Waals surface area contributed by atoms with E-state index in [2.05, 4.69) is 20.6 Å². The monoisotopic (exact) mass is 501 g/mol. The molecule has 1 aliphatic rings. The standard InChI is InChI=1S/C19H9F6N5OS2/c20-18(21,22)11-2-1-3-12(14(11)19(23,24)25)30-16(31)13(33-17(30)32)8-9-4-6-10(7-5-9)15-26-28-29-27-15/h1-8H,(H,26,27,28,29)/b13-8-. The number of H-pyrrole nitrogens is 1. The molecule has 0 bridgehead atoms. The highest BCUT2D eigenvalue weighted by molar-refractivity contribution is 8.27. The number of rotatable bonds is 3. The molecular weight excluding hydrogens is 492 g/mol. The third-order valence-electron chi connectivity index (χ3n) is 4.49. The Morgan fingerprint density at radius 2 is 1.70 bits per heavy atom. The van der Waals surface area contributed by atoms with Crippen molar-refractivity contribution in [2.45, 2.75) is 12.4 Å². The molecule has 3 aromatic rings. The molecule has 0 radical (unpaired) electrons. The van der Waals surface area contributed by atoms with Crippen molar-refractivity contribution in [2.75, 3.05) is 4.90 Å². The van der Waals surface area contributed by atoms with Gasteiger partial charge in [0.25, 0.3) is 5.91 Å². The van der Waals surface area contributed by atoms with Crippen molar-refractivity contribution in [2.24, 2.45) is 0 Å². The Morgan fingerprint density at radius 1 is 1.00 bits per heavy atom. The summed E-state index contributed by atoms with van der Waals surface area (Å²) < 4.78 is 80.4. The van der Waals surface area contributed by atoms with Crippen molar-refractivity contribution in [3.05, 3.63) is 64.1 Å². The number of carbonyl (C=O) groups excluding carboxylic acids is 1. The maximum Gasteiger partial charge on any atom is 0.419 e. The van der Waals surface area contributed by atoms with Gasteiger partial charge in [-0.1, -0.05) is 54.3 Å². The van der Waals surface area contributed by atoms with Crippen LogP contribution >= 0.6 is 24.0 Å². The lowest BCUT2D eigenvalue weighted by Gasteiger charge is -2.23. The number of aromatic nitrogens is 4. The predicted molar refractivity (Wildman–Crippen MR) is 112 cm³/mol. The fraction of sp³-hybridized carbons (Fsp3) is 0.105. The number of tetrazole rings is 1. The second-order valence-electron chi connectivity index (χ2n) is 6.58. The number of thiocarbonyl (C=S) groups is 1. The molecule has 1 aromatic heterocycles. The molecule has 2 aromatic carbocycles. The van der Waals surface area contributed by atoms with Crippen LogP contribution in [0.1, 0.15) is 16.7 Å². The molecule has 33 heavy (non-hydrogen) atoms. The van der Waals surface area contributed by atoms with Gasteiger partial charge in [0.05, 0.1) is 21.7 Å². The van der Waals surface area contributed by atoms with Crippen molar-refractivity contribution >= 4 is 46.0 Å². The topological polar surface area (TPSA) is 74.8 Å². The lowest BCUT2D eigenvalue weighted by atomic mass is 10.0. The Bertz CT molecular complexity index is 1250. The zero-order valence-electron chi connectivity index (χ0n) is 15.9. The highest BCUT2D eigenvalue weighted by Crippen LogP contribution is 2.47. The van der Waals surface area contributed by atoms with Gasteiger partial charge in [0.15, 0.2) is 10.1 Å². The first kappa shape index (κ1) is 22.9. The molecular formula is C19H9F6N5OS2. The fourth-order valence-corrected chi connectivity index (χ4v) is 4.39. The van der Waals surface area contributed by atoms with Gasteiger partial charge in [0, 0.05) is 5.56 Å². The first-order chi connectivity index (χ1) is 15.5. The van der Waals surface area contributed by atoms with Crippen molar-refractivity contribution < 1.29 is 31.1 Å². The van der Waals surface area contributed by atoms with E-state index in [4.69, 9.17) is 12.2 Å². The molecule has 6 nitrogen and oxygen atoms in total. The Kier molecular flexibility index (Phi) is 5.74.